The molecule has 4 nitrogen and oxygen atoms in total. The van der Waals surface area contributed by atoms with Gasteiger partial charge in [-0.05, 0) is 61.5 Å². The molecule has 1 unspecified atom stereocenters. The highest BCUT2D eigenvalue weighted by molar-refractivity contribution is 5.68. The molecule has 0 radical (unpaired) electrons. The first kappa shape index (κ1) is 22.8. The van der Waals surface area contributed by atoms with Gasteiger partial charge in [-0.2, -0.15) is 0 Å². The summed E-state index contributed by atoms with van der Waals surface area (Å²) in [5.74, 6) is 2.23. The molecule has 3 atom stereocenters. The van der Waals surface area contributed by atoms with E-state index in [1.54, 1.807) is 0 Å². The lowest BCUT2D eigenvalue weighted by Crippen LogP contribution is -2.48. The van der Waals surface area contributed by atoms with Crippen LogP contribution in [0.15, 0.2) is 60.7 Å². The summed E-state index contributed by atoms with van der Waals surface area (Å²) in [7, 11) is 0. The number of hydrogen-bond acceptors (Lipinski definition) is 3. The predicted octanol–water partition coefficient (Wildman–Crippen LogP) is 5.94. The van der Waals surface area contributed by atoms with Crippen LogP contribution in [0.3, 0.4) is 0 Å². The van der Waals surface area contributed by atoms with Crippen molar-refractivity contribution in [1.82, 2.24) is 9.80 Å². The Hall–Kier alpha value is -2.33. The van der Waals surface area contributed by atoms with E-state index >= 15 is 0 Å². The normalized spacial score (nSPS) is 24.4. The Morgan fingerprint density at radius 1 is 1.00 bits per heavy atom. The summed E-state index contributed by atoms with van der Waals surface area (Å²) in [4.78, 5) is 17.3. The lowest BCUT2D eigenvalue weighted by atomic mass is 9.88. The number of hydrogen-bond donors (Lipinski definition) is 0. The molecular weight excluding hydrogens is 396 g/mol. The molecule has 1 saturated heterocycles. The van der Waals surface area contributed by atoms with Crippen molar-refractivity contribution in [3.63, 3.8) is 0 Å². The summed E-state index contributed by atoms with van der Waals surface area (Å²) < 4.78 is 5.62. The fraction of sp³-hybridized carbons (Fsp3) is 0.536. The van der Waals surface area contributed by atoms with Gasteiger partial charge in [-0.3, -0.25) is 0 Å². The van der Waals surface area contributed by atoms with Crippen molar-refractivity contribution in [2.45, 2.75) is 58.1 Å². The molecule has 2 aromatic carbocycles. The molecular formula is C28H38N2O2. The lowest BCUT2D eigenvalue weighted by Gasteiger charge is -2.39. The highest BCUT2D eigenvalue weighted by Gasteiger charge is 2.35. The second-order valence-corrected chi connectivity index (χ2v) is 9.71. The van der Waals surface area contributed by atoms with Gasteiger partial charge in [0.05, 0.1) is 0 Å². The van der Waals surface area contributed by atoms with Crippen molar-refractivity contribution in [3.8, 4) is 0 Å². The molecule has 172 valence electrons. The number of ether oxygens (including phenoxy) is 1. The zero-order valence-electron chi connectivity index (χ0n) is 19.7. The second kappa shape index (κ2) is 11.0. The molecule has 0 N–H and O–H groups in total. The van der Waals surface area contributed by atoms with E-state index < -0.39 is 0 Å². The zero-order valence-corrected chi connectivity index (χ0v) is 19.7. The molecule has 2 fully saturated rings. The number of carbonyl (C=O) groups excluding carboxylic acids is 1. The van der Waals surface area contributed by atoms with Crippen LogP contribution in [0.5, 0.6) is 0 Å². The van der Waals surface area contributed by atoms with Crippen LogP contribution in [0.2, 0.25) is 0 Å². The van der Waals surface area contributed by atoms with Gasteiger partial charge in [-0.1, -0.05) is 67.6 Å². The molecule has 2 aromatic rings. The Morgan fingerprint density at radius 3 is 2.31 bits per heavy atom. The van der Waals surface area contributed by atoms with Crippen molar-refractivity contribution in [2.75, 3.05) is 26.2 Å². The Bertz CT molecular complexity index is 833. The van der Waals surface area contributed by atoms with Crippen molar-refractivity contribution in [3.05, 3.63) is 71.8 Å². The van der Waals surface area contributed by atoms with E-state index in [1.807, 2.05) is 35.2 Å². The van der Waals surface area contributed by atoms with Crippen LogP contribution in [-0.4, -0.2) is 48.1 Å². The average Bonchev–Trinajstić information content (AvgIpc) is 3.20. The molecule has 4 rings (SSSR count). The van der Waals surface area contributed by atoms with Gasteiger partial charge >= 0.3 is 6.09 Å². The minimum absolute atomic E-state index is 0.177. The summed E-state index contributed by atoms with van der Waals surface area (Å²) in [6.45, 7) is 8.83. The summed E-state index contributed by atoms with van der Waals surface area (Å²) in [5.41, 5.74) is 2.54. The number of amides is 1. The number of carbonyl (C=O) groups is 1. The number of nitrogens with zero attached hydrogens (tertiary/aromatic N) is 2. The van der Waals surface area contributed by atoms with Crippen molar-refractivity contribution in [1.29, 1.82) is 0 Å². The highest BCUT2D eigenvalue weighted by Crippen LogP contribution is 2.43. The first-order valence-corrected chi connectivity index (χ1v) is 12.4. The van der Waals surface area contributed by atoms with Gasteiger partial charge in [0, 0.05) is 32.2 Å². The largest absolute Gasteiger partial charge is 0.445 e. The summed E-state index contributed by atoms with van der Waals surface area (Å²) in [6.07, 6.45) is 4.52. The maximum atomic E-state index is 12.7. The fourth-order valence-electron chi connectivity index (χ4n) is 5.80. The van der Waals surface area contributed by atoms with Gasteiger partial charge in [0.15, 0.2) is 0 Å². The minimum atomic E-state index is -0.177. The van der Waals surface area contributed by atoms with E-state index in [0.717, 1.165) is 43.3 Å². The molecule has 0 aromatic heterocycles. The topological polar surface area (TPSA) is 32.8 Å². The van der Waals surface area contributed by atoms with Gasteiger partial charge < -0.3 is 14.5 Å². The highest BCUT2D eigenvalue weighted by atomic mass is 16.6. The molecule has 1 heterocycles. The van der Waals surface area contributed by atoms with Gasteiger partial charge in [-0.15, -0.1) is 0 Å². The van der Waals surface area contributed by atoms with Crippen LogP contribution in [0, 0.1) is 11.8 Å². The predicted molar refractivity (Wildman–Crippen MR) is 130 cm³/mol. The molecule has 0 bridgehead atoms. The maximum Gasteiger partial charge on any atom is 0.410 e. The number of benzene rings is 2. The first-order valence-electron chi connectivity index (χ1n) is 12.4. The minimum Gasteiger partial charge on any atom is -0.445 e. The first-order chi connectivity index (χ1) is 15.6. The third kappa shape index (κ3) is 5.72. The van der Waals surface area contributed by atoms with E-state index in [-0.39, 0.29) is 12.1 Å². The molecule has 2 aliphatic rings. The molecule has 1 aliphatic heterocycles. The molecule has 1 aliphatic carbocycles. The standard InChI is InChI=1S/C28H38N2O2/c1-3-30(28(31)32-21-23-10-6-4-7-11-23)26-14-16-29(17-15-26)20-25-18-22(2)19-27(25)24-12-8-5-9-13-24/h4-13,22,25-27H,3,14-21H2,1-2H3/t22?,25-,27-/m1/s1. The van der Waals surface area contributed by atoms with Crippen LogP contribution >= 0.6 is 0 Å². The molecule has 1 amide bonds. The van der Waals surface area contributed by atoms with Gasteiger partial charge in [0.25, 0.3) is 0 Å². The fourth-order valence-corrected chi connectivity index (χ4v) is 5.80. The number of piperidine rings is 1. The third-order valence-corrected chi connectivity index (χ3v) is 7.43. The van der Waals surface area contributed by atoms with Gasteiger partial charge in [-0.25, -0.2) is 4.79 Å². The van der Waals surface area contributed by atoms with Crippen LogP contribution in [0.1, 0.15) is 56.6 Å². The summed E-state index contributed by atoms with van der Waals surface area (Å²) in [5, 5.41) is 0. The third-order valence-electron chi connectivity index (χ3n) is 7.43. The molecule has 4 heteroatoms. The Morgan fingerprint density at radius 2 is 1.66 bits per heavy atom. The van der Waals surface area contributed by atoms with Crippen LogP contribution in [0.4, 0.5) is 4.79 Å². The van der Waals surface area contributed by atoms with Crippen molar-refractivity contribution in [2.24, 2.45) is 11.8 Å². The second-order valence-electron chi connectivity index (χ2n) is 9.71. The summed E-state index contributed by atoms with van der Waals surface area (Å²) in [6, 6.07) is 21.3. The Balaban J connectivity index is 1.27. The van der Waals surface area contributed by atoms with E-state index in [0.29, 0.717) is 19.1 Å². The smallest absolute Gasteiger partial charge is 0.410 e. The molecule has 32 heavy (non-hydrogen) atoms. The lowest BCUT2D eigenvalue weighted by molar-refractivity contribution is 0.0601. The Labute approximate surface area is 193 Å². The van der Waals surface area contributed by atoms with Gasteiger partial charge in [0.1, 0.15) is 6.61 Å². The maximum absolute atomic E-state index is 12.7. The number of likely N-dealkylation sites (tertiary alicyclic amines) is 1. The van der Waals surface area contributed by atoms with E-state index in [9.17, 15) is 4.79 Å². The van der Waals surface area contributed by atoms with Crippen molar-refractivity contribution < 1.29 is 9.53 Å². The van der Waals surface area contributed by atoms with Crippen LogP contribution in [-0.2, 0) is 11.3 Å². The summed E-state index contributed by atoms with van der Waals surface area (Å²) >= 11 is 0. The van der Waals surface area contributed by atoms with E-state index in [1.165, 1.54) is 24.9 Å². The molecule has 1 saturated carbocycles. The SMILES string of the molecule is CCN(C(=O)OCc1ccccc1)C1CCN(C[C@H]2CC(C)C[C@@H]2c2ccccc2)CC1. The van der Waals surface area contributed by atoms with Crippen LogP contribution < -0.4 is 0 Å². The number of rotatable bonds is 7. The van der Waals surface area contributed by atoms with E-state index in [2.05, 4.69) is 49.1 Å². The Kier molecular flexibility index (Phi) is 7.85. The van der Waals surface area contributed by atoms with Gasteiger partial charge in [0.2, 0.25) is 0 Å². The van der Waals surface area contributed by atoms with Crippen molar-refractivity contribution >= 4 is 6.09 Å². The zero-order chi connectivity index (χ0) is 22.3. The molecule has 0 spiro atoms. The quantitative estimate of drug-likeness (QED) is 0.541. The van der Waals surface area contributed by atoms with Crippen LogP contribution in [0.25, 0.3) is 0 Å². The monoisotopic (exact) mass is 434 g/mol. The van der Waals surface area contributed by atoms with E-state index in [4.69, 9.17) is 4.74 Å². The average molecular weight is 435 g/mol.